The van der Waals surface area contributed by atoms with Crippen molar-refractivity contribution in [2.24, 2.45) is 0 Å². The van der Waals surface area contributed by atoms with Crippen molar-refractivity contribution in [2.75, 3.05) is 13.2 Å². The number of ether oxygens (including phenoxy) is 3. The average Bonchev–Trinajstić information content (AvgIpc) is 3.46. The van der Waals surface area contributed by atoms with Gasteiger partial charge < -0.3 is 14.2 Å². The van der Waals surface area contributed by atoms with Crippen LogP contribution in [-0.2, 0) is 28.6 Å². The van der Waals surface area contributed by atoms with E-state index in [0.29, 0.717) is 19.3 Å². The highest BCUT2D eigenvalue weighted by molar-refractivity contribution is 5.71. The van der Waals surface area contributed by atoms with E-state index in [2.05, 4.69) is 167 Å². The molecule has 0 saturated carbocycles. The first kappa shape index (κ1) is 75.3. The number of carbonyl (C=O) groups is 3. The standard InChI is InChI=1S/C74H120O6/c1-4-7-10-13-16-19-22-25-28-30-32-33-34-35-36-37-38-39-40-41-43-44-46-49-52-55-58-61-64-67-73(76)79-70-71(69-78-72(75)66-63-60-57-54-51-48-27-24-21-18-15-12-9-6-3)80-74(77)68-65-62-59-56-53-50-47-45-42-31-29-26-23-20-17-14-11-8-5-2/h7-8,10-11,16-17,19-20,24-29,32-33,35-36,38-39,41-43,45,71H,4-6,9,12-15,18,21-23,30-31,34,37,40,44,46-70H2,1-3H3/b10-7-,11-8-,19-16-,20-17-,27-24-,28-25-,29-26-,33-32-,36-35-,39-38-,43-41-,45-42-. The van der Waals surface area contributed by atoms with Gasteiger partial charge in [0.2, 0.25) is 0 Å². The summed E-state index contributed by atoms with van der Waals surface area (Å²) in [5, 5.41) is 0. The minimum atomic E-state index is -0.801. The Hall–Kier alpha value is -4.71. The molecule has 0 aromatic rings. The van der Waals surface area contributed by atoms with Crippen molar-refractivity contribution in [3.8, 4) is 0 Å². The number of rotatable bonds is 58. The second kappa shape index (κ2) is 66.8. The molecule has 452 valence electrons. The molecule has 0 aromatic carbocycles. The van der Waals surface area contributed by atoms with Gasteiger partial charge >= 0.3 is 17.9 Å². The third-order valence-corrected chi connectivity index (χ3v) is 13.6. The smallest absolute Gasteiger partial charge is 0.306 e. The molecule has 0 aliphatic rings. The van der Waals surface area contributed by atoms with Crippen LogP contribution in [0.3, 0.4) is 0 Å². The van der Waals surface area contributed by atoms with Gasteiger partial charge in [-0.15, -0.1) is 0 Å². The molecule has 0 N–H and O–H groups in total. The van der Waals surface area contributed by atoms with E-state index < -0.39 is 6.10 Å². The first-order valence-electron chi connectivity index (χ1n) is 32.8. The Bertz CT molecular complexity index is 1750. The lowest BCUT2D eigenvalue weighted by Gasteiger charge is -2.18. The fraction of sp³-hybridized carbons (Fsp3) is 0.635. The van der Waals surface area contributed by atoms with Crippen LogP contribution in [0.15, 0.2) is 146 Å². The molecular formula is C74H120O6. The molecule has 0 spiro atoms. The van der Waals surface area contributed by atoms with Gasteiger partial charge in [-0.1, -0.05) is 269 Å². The number of carbonyl (C=O) groups excluding carboxylic acids is 3. The van der Waals surface area contributed by atoms with Crippen LogP contribution in [0.2, 0.25) is 0 Å². The van der Waals surface area contributed by atoms with E-state index in [9.17, 15) is 14.4 Å². The van der Waals surface area contributed by atoms with Gasteiger partial charge in [-0.25, -0.2) is 0 Å². The van der Waals surface area contributed by atoms with Crippen LogP contribution in [0, 0.1) is 0 Å². The van der Waals surface area contributed by atoms with Gasteiger partial charge in [-0.3, -0.25) is 14.4 Å². The average molecular weight is 1110 g/mol. The summed E-state index contributed by atoms with van der Waals surface area (Å²) in [6.07, 6.45) is 95.6. The van der Waals surface area contributed by atoms with Crippen LogP contribution >= 0.6 is 0 Å². The highest BCUT2D eigenvalue weighted by Gasteiger charge is 2.19. The molecule has 0 aliphatic heterocycles. The lowest BCUT2D eigenvalue weighted by atomic mass is 10.1. The highest BCUT2D eigenvalue weighted by Crippen LogP contribution is 2.15. The second-order valence-corrected chi connectivity index (χ2v) is 21.3. The van der Waals surface area contributed by atoms with Crippen molar-refractivity contribution in [3.05, 3.63) is 146 Å². The third-order valence-electron chi connectivity index (χ3n) is 13.6. The molecule has 0 heterocycles. The largest absolute Gasteiger partial charge is 0.462 e. The zero-order valence-electron chi connectivity index (χ0n) is 51.8. The van der Waals surface area contributed by atoms with Crippen LogP contribution in [0.25, 0.3) is 0 Å². The molecule has 0 aromatic heterocycles. The van der Waals surface area contributed by atoms with Crippen LogP contribution in [0.4, 0.5) is 0 Å². The molecule has 0 saturated heterocycles. The maximum absolute atomic E-state index is 12.9. The van der Waals surface area contributed by atoms with Gasteiger partial charge in [0.1, 0.15) is 13.2 Å². The summed E-state index contributed by atoms with van der Waals surface area (Å²) in [7, 11) is 0. The van der Waals surface area contributed by atoms with Crippen LogP contribution in [-0.4, -0.2) is 37.2 Å². The summed E-state index contributed by atoms with van der Waals surface area (Å²) < 4.78 is 16.9. The van der Waals surface area contributed by atoms with Crippen molar-refractivity contribution in [2.45, 2.75) is 290 Å². The zero-order valence-corrected chi connectivity index (χ0v) is 51.8. The first-order valence-corrected chi connectivity index (χ1v) is 32.8. The lowest BCUT2D eigenvalue weighted by Crippen LogP contribution is -2.30. The molecule has 0 rings (SSSR count). The molecule has 6 heteroatoms. The van der Waals surface area contributed by atoms with Gasteiger partial charge in [-0.2, -0.15) is 0 Å². The van der Waals surface area contributed by atoms with Gasteiger partial charge in [0.15, 0.2) is 6.10 Å². The Morgan fingerprint density at radius 1 is 0.263 bits per heavy atom. The van der Waals surface area contributed by atoms with Crippen LogP contribution < -0.4 is 0 Å². The van der Waals surface area contributed by atoms with Crippen LogP contribution in [0.5, 0.6) is 0 Å². The topological polar surface area (TPSA) is 78.9 Å². The zero-order chi connectivity index (χ0) is 57.8. The third kappa shape index (κ3) is 64.1. The number of esters is 3. The Labute approximate surface area is 493 Å². The predicted molar refractivity (Wildman–Crippen MR) is 348 cm³/mol. The molecule has 1 unspecified atom stereocenters. The maximum Gasteiger partial charge on any atom is 0.306 e. The molecule has 1 atom stereocenters. The van der Waals surface area contributed by atoms with E-state index in [1.54, 1.807) is 0 Å². The minimum Gasteiger partial charge on any atom is -0.462 e. The summed E-state index contributed by atoms with van der Waals surface area (Å²) in [6, 6.07) is 0. The Balaban J connectivity index is 4.40. The molecule has 0 amide bonds. The first-order chi connectivity index (χ1) is 39.5. The fourth-order valence-corrected chi connectivity index (χ4v) is 8.70. The number of hydrogen-bond acceptors (Lipinski definition) is 6. The van der Waals surface area contributed by atoms with Gasteiger partial charge in [0.05, 0.1) is 0 Å². The second-order valence-electron chi connectivity index (χ2n) is 21.3. The predicted octanol–water partition coefficient (Wildman–Crippen LogP) is 22.7. The number of hydrogen-bond donors (Lipinski definition) is 0. The van der Waals surface area contributed by atoms with E-state index in [0.717, 1.165) is 161 Å². The van der Waals surface area contributed by atoms with Crippen molar-refractivity contribution in [1.29, 1.82) is 0 Å². The Morgan fingerprint density at radius 2 is 0.487 bits per heavy atom. The summed E-state index contributed by atoms with van der Waals surface area (Å²) in [5.41, 5.74) is 0. The lowest BCUT2D eigenvalue weighted by molar-refractivity contribution is -0.167. The summed E-state index contributed by atoms with van der Waals surface area (Å²) in [6.45, 7) is 6.38. The molecule has 0 bridgehead atoms. The molecule has 6 nitrogen and oxygen atoms in total. The maximum atomic E-state index is 12.9. The monoisotopic (exact) mass is 1100 g/mol. The van der Waals surface area contributed by atoms with E-state index in [-0.39, 0.29) is 31.1 Å². The quantitative estimate of drug-likeness (QED) is 0.0261. The molecule has 0 aliphatic carbocycles. The SMILES string of the molecule is CC/C=C\C/C=C\C/C=C\C/C=C\C/C=C\C/C=C\C/C=C\CCCCCCCCCC(=O)OCC(COC(=O)CCCCCCC/C=C\CCCCCCC)OC(=O)CCCCCCCC/C=C\C/C=C\C/C=C\C/C=C\CC. The van der Waals surface area contributed by atoms with E-state index in [1.165, 1.54) is 83.5 Å². The summed E-state index contributed by atoms with van der Waals surface area (Å²) >= 11 is 0. The van der Waals surface area contributed by atoms with E-state index >= 15 is 0 Å². The van der Waals surface area contributed by atoms with Crippen molar-refractivity contribution >= 4 is 17.9 Å². The van der Waals surface area contributed by atoms with Gasteiger partial charge in [0.25, 0.3) is 0 Å². The Morgan fingerprint density at radius 3 is 0.775 bits per heavy atom. The van der Waals surface area contributed by atoms with E-state index in [4.69, 9.17) is 14.2 Å². The highest BCUT2D eigenvalue weighted by atomic mass is 16.6. The normalized spacial score (nSPS) is 13.1. The van der Waals surface area contributed by atoms with Crippen LogP contribution in [0.1, 0.15) is 284 Å². The number of unbranched alkanes of at least 4 members (excludes halogenated alkanes) is 23. The summed E-state index contributed by atoms with van der Waals surface area (Å²) in [5.74, 6) is -0.928. The van der Waals surface area contributed by atoms with Gasteiger partial charge in [-0.05, 0) is 141 Å². The minimum absolute atomic E-state index is 0.0959. The molecular weight excluding hydrogens is 985 g/mol. The molecule has 0 fully saturated rings. The molecule has 80 heavy (non-hydrogen) atoms. The van der Waals surface area contributed by atoms with E-state index in [1.807, 2.05) is 0 Å². The van der Waals surface area contributed by atoms with Crippen molar-refractivity contribution in [3.63, 3.8) is 0 Å². The van der Waals surface area contributed by atoms with Crippen molar-refractivity contribution in [1.82, 2.24) is 0 Å². The Kier molecular flexibility index (Phi) is 62.9. The van der Waals surface area contributed by atoms with Gasteiger partial charge in [0, 0.05) is 19.3 Å². The fourth-order valence-electron chi connectivity index (χ4n) is 8.70. The number of allylic oxidation sites excluding steroid dienone is 24. The molecule has 0 radical (unpaired) electrons. The summed E-state index contributed by atoms with van der Waals surface area (Å²) in [4.78, 5) is 38.4. The van der Waals surface area contributed by atoms with Crippen molar-refractivity contribution < 1.29 is 28.6 Å².